The SMILES string of the molecule is COc1cccc2nc(-c3cccc(C)c3)nn12. The summed E-state index contributed by atoms with van der Waals surface area (Å²) in [7, 11) is 1.63. The van der Waals surface area contributed by atoms with Crippen LogP contribution >= 0.6 is 0 Å². The fourth-order valence-electron chi connectivity index (χ4n) is 1.94. The zero-order valence-electron chi connectivity index (χ0n) is 10.3. The van der Waals surface area contributed by atoms with Crippen molar-refractivity contribution in [1.29, 1.82) is 0 Å². The summed E-state index contributed by atoms with van der Waals surface area (Å²) in [6, 6.07) is 13.8. The van der Waals surface area contributed by atoms with Gasteiger partial charge in [0.05, 0.1) is 7.11 Å². The second-order valence-electron chi connectivity index (χ2n) is 4.14. The van der Waals surface area contributed by atoms with E-state index in [1.807, 2.05) is 30.3 Å². The van der Waals surface area contributed by atoms with Crippen molar-refractivity contribution in [1.82, 2.24) is 14.6 Å². The number of rotatable bonds is 2. The lowest BCUT2D eigenvalue weighted by Crippen LogP contribution is -1.94. The van der Waals surface area contributed by atoms with E-state index in [1.54, 1.807) is 11.6 Å². The van der Waals surface area contributed by atoms with Gasteiger partial charge in [0, 0.05) is 11.6 Å². The van der Waals surface area contributed by atoms with Crippen LogP contribution in [0.2, 0.25) is 0 Å². The predicted octanol–water partition coefficient (Wildman–Crippen LogP) is 2.71. The van der Waals surface area contributed by atoms with E-state index in [9.17, 15) is 0 Å². The Kier molecular flexibility index (Phi) is 2.48. The van der Waals surface area contributed by atoms with Gasteiger partial charge in [0.15, 0.2) is 11.5 Å². The molecule has 0 amide bonds. The molecule has 0 unspecified atom stereocenters. The number of benzene rings is 1. The quantitative estimate of drug-likeness (QED) is 0.690. The normalized spacial score (nSPS) is 10.8. The smallest absolute Gasteiger partial charge is 0.216 e. The zero-order chi connectivity index (χ0) is 12.5. The van der Waals surface area contributed by atoms with Crippen molar-refractivity contribution in [2.24, 2.45) is 0 Å². The van der Waals surface area contributed by atoms with Crippen LogP contribution in [-0.2, 0) is 0 Å². The number of fused-ring (bicyclic) bond motifs is 1. The molecular weight excluding hydrogens is 226 g/mol. The molecule has 4 nitrogen and oxygen atoms in total. The molecule has 0 aliphatic carbocycles. The molecule has 1 aromatic carbocycles. The lowest BCUT2D eigenvalue weighted by atomic mass is 10.1. The Morgan fingerprint density at radius 1 is 1.11 bits per heavy atom. The molecule has 0 spiro atoms. The van der Waals surface area contributed by atoms with Crippen molar-refractivity contribution in [2.45, 2.75) is 6.92 Å². The number of aromatic nitrogens is 3. The van der Waals surface area contributed by atoms with Gasteiger partial charge in [-0.1, -0.05) is 29.8 Å². The average molecular weight is 239 g/mol. The molecule has 0 radical (unpaired) electrons. The highest BCUT2D eigenvalue weighted by Crippen LogP contribution is 2.20. The van der Waals surface area contributed by atoms with Crippen LogP contribution in [0.1, 0.15) is 5.56 Å². The fraction of sp³-hybridized carbons (Fsp3) is 0.143. The summed E-state index contributed by atoms with van der Waals surface area (Å²) in [6.45, 7) is 2.06. The van der Waals surface area contributed by atoms with E-state index in [4.69, 9.17) is 4.74 Å². The molecule has 0 atom stereocenters. The van der Waals surface area contributed by atoms with Crippen molar-refractivity contribution in [2.75, 3.05) is 7.11 Å². The van der Waals surface area contributed by atoms with Crippen molar-refractivity contribution in [3.63, 3.8) is 0 Å². The highest BCUT2D eigenvalue weighted by molar-refractivity contribution is 5.59. The minimum atomic E-state index is 0.680. The number of methoxy groups -OCH3 is 1. The Balaban J connectivity index is 2.19. The molecule has 0 saturated carbocycles. The van der Waals surface area contributed by atoms with Gasteiger partial charge in [0.2, 0.25) is 5.88 Å². The Hall–Kier alpha value is -2.36. The number of hydrogen-bond donors (Lipinski definition) is 0. The van der Waals surface area contributed by atoms with Gasteiger partial charge in [-0.2, -0.15) is 4.52 Å². The summed E-state index contributed by atoms with van der Waals surface area (Å²) in [5.74, 6) is 1.39. The third-order valence-corrected chi connectivity index (χ3v) is 2.81. The van der Waals surface area contributed by atoms with Crippen molar-refractivity contribution in [3.8, 4) is 17.3 Å². The first-order valence-corrected chi connectivity index (χ1v) is 5.75. The molecule has 0 aliphatic rings. The second-order valence-corrected chi connectivity index (χ2v) is 4.14. The van der Waals surface area contributed by atoms with Gasteiger partial charge in [-0.15, -0.1) is 5.10 Å². The maximum absolute atomic E-state index is 5.26. The number of pyridine rings is 1. The first kappa shape index (κ1) is 10.8. The summed E-state index contributed by atoms with van der Waals surface area (Å²) in [5, 5.41) is 4.48. The molecule has 3 rings (SSSR count). The van der Waals surface area contributed by atoms with Gasteiger partial charge in [-0.25, -0.2) is 4.98 Å². The third kappa shape index (κ3) is 1.72. The Morgan fingerprint density at radius 3 is 2.72 bits per heavy atom. The molecule has 4 heteroatoms. The Labute approximate surface area is 105 Å². The minimum absolute atomic E-state index is 0.680. The Morgan fingerprint density at radius 2 is 1.94 bits per heavy atom. The number of ether oxygens (including phenoxy) is 1. The Bertz CT molecular complexity index is 703. The number of nitrogens with zero attached hydrogens (tertiary/aromatic N) is 3. The standard InChI is InChI=1S/C14H13N3O/c1-10-5-3-6-11(9-10)14-15-12-7-4-8-13(18-2)17(12)16-14/h3-9H,1-2H3. The van der Waals surface area contributed by atoms with Gasteiger partial charge in [-0.3, -0.25) is 0 Å². The first-order valence-electron chi connectivity index (χ1n) is 5.75. The van der Waals surface area contributed by atoms with Crippen LogP contribution in [0.3, 0.4) is 0 Å². The largest absolute Gasteiger partial charge is 0.481 e. The molecule has 0 fully saturated rings. The van der Waals surface area contributed by atoms with Crippen LogP contribution in [0.25, 0.3) is 17.0 Å². The highest BCUT2D eigenvalue weighted by atomic mass is 16.5. The summed E-state index contributed by atoms with van der Waals surface area (Å²) >= 11 is 0. The van der Waals surface area contributed by atoms with Crippen molar-refractivity contribution < 1.29 is 4.74 Å². The van der Waals surface area contributed by atoms with Gasteiger partial charge >= 0.3 is 0 Å². The lowest BCUT2D eigenvalue weighted by molar-refractivity contribution is 0.386. The molecule has 0 saturated heterocycles. The summed E-state index contributed by atoms with van der Waals surface area (Å²) in [5.41, 5.74) is 2.99. The van der Waals surface area contributed by atoms with Crippen LogP contribution in [0.15, 0.2) is 42.5 Å². The van der Waals surface area contributed by atoms with Crippen LogP contribution in [0, 0.1) is 6.92 Å². The molecule has 0 N–H and O–H groups in total. The zero-order valence-corrected chi connectivity index (χ0v) is 10.3. The topological polar surface area (TPSA) is 39.4 Å². The van der Waals surface area contributed by atoms with Crippen LogP contribution < -0.4 is 4.74 Å². The maximum atomic E-state index is 5.26. The lowest BCUT2D eigenvalue weighted by Gasteiger charge is -2.00. The van der Waals surface area contributed by atoms with E-state index in [0.29, 0.717) is 11.7 Å². The molecule has 2 aromatic heterocycles. The monoisotopic (exact) mass is 239 g/mol. The number of hydrogen-bond acceptors (Lipinski definition) is 3. The average Bonchev–Trinajstić information content (AvgIpc) is 2.82. The first-order chi connectivity index (χ1) is 8.78. The van der Waals surface area contributed by atoms with E-state index >= 15 is 0 Å². The fourth-order valence-corrected chi connectivity index (χ4v) is 1.94. The van der Waals surface area contributed by atoms with Crippen LogP contribution in [0.4, 0.5) is 0 Å². The van der Waals surface area contributed by atoms with E-state index in [1.165, 1.54) is 5.56 Å². The molecule has 0 bridgehead atoms. The van der Waals surface area contributed by atoms with Crippen LogP contribution in [0.5, 0.6) is 5.88 Å². The van der Waals surface area contributed by atoms with E-state index in [-0.39, 0.29) is 0 Å². The van der Waals surface area contributed by atoms with Crippen LogP contribution in [-0.4, -0.2) is 21.7 Å². The van der Waals surface area contributed by atoms with Crippen molar-refractivity contribution >= 4 is 5.65 Å². The van der Waals surface area contributed by atoms with E-state index in [0.717, 1.165) is 11.2 Å². The maximum Gasteiger partial charge on any atom is 0.216 e. The summed E-state index contributed by atoms with van der Waals surface area (Å²) < 4.78 is 6.97. The molecular formula is C14H13N3O. The highest BCUT2D eigenvalue weighted by Gasteiger charge is 2.08. The predicted molar refractivity (Wildman–Crippen MR) is 69.7 cm³/mol. The third-order valence-electron chi connectivity index (χ3n) is 2.81. The minimum Gasteiger partial charge on any atom is -0.481 e. The second kappa shape index (κ2) is 4.14. The van der Waals surface area contributed by atoms with Gasteiger partial charge in [-0.05, 0) is 19.1 Å². The molecule has 90 valence electrons. The van der Waals surface area contributed by atoms with Gasteiger partial charge in [0.25, 0.3) is 0 Å². The van der Waals surface area contributed by atoms with Gasteiger partial charge < -0.3 is 4.74 Å². The number of aryl methyl sites for hydroxylation is 1. The molecule has 0 aliphatic heterocycles. The summed E-state index contributed by atoms with van der Waals surface area (Å²) in [6.07, 6.45) is 0. The van der Waals surface area contributed by atoms with Gasteiger partial charge in [0.1, 0.15) is 0 Å². The molecule has 3 aromatic rings. The van der Waals surface area contributed by atoms with Crippen molar-refractivity contribution in [3.05, 3.63) is 48.0 Å². The van der Waals surface area contributed by atoms with E-state index in [2.05, 4.69) is 29.1 Å². The molecule has 2 heterocycles. The molecule has 18 heavy (non-hydrogen) atoms. The van der Waals surface area contributed by atoms with E-state index < -0.39 is 0 Å². The summed E-state index contributed by atoms with van der Waals surface area (Å²) in [4.78, 5) is 4.50.